The number of hydrogen-bond acceptors (Lipinski definition) is 4. The van der Waals surface area contributed by atoms with Crippen LogP contribution in [0.3, 0.4) is 0 Å². The van der Waals surface area contributed by atoms with Gasteiger partial charge in [0.2, 0.25) is 0 Å². The molecule has 1 aliphatic heterocycles. The third kappa shape index (κ3) is 3.36. The first-order chi connectivity index (χ1) is 13.1. The molecular formula is C21H23N5O. The Bertz CT molecular complexity index is 950. The first-order valence-corrected chi connectivity index (χ1v) is 9.21. The molecule has 6 nitrogen and oxygen atoms in total. The number of aryl methyl sites for hydroxylation is 1. The second-order valence-corrected chi connectivity index (χ2v) is 6.90. The number of aromatic nitrogens is 3. The van der Waals surface area contributed by atoms with Crippen molar-refractivity contribution in [1.29, 1.82) is 0 Å². The minimum atomic E-state index is -0.0678. The van der Waals surface area contributed by atoms with Crippen molar-refractivity contribution < 1.29 is 4.79 Å². The number of piperazine rings is 1. The van der Waals surface area contributed by atoms with Crippen molar-refractivity contribution in [1.82, 2.24) is 25.2 Å². The Kier molecular flexibility index (Phi) is 4.73. The Balaban J connectivity index is 1.66. The van der Waals surface area contributed by atoms with Crippen LogP contribution in [-0.2, 0) is 0 Å². The van der Waals surface area contributed by atoms with E-state index in [2.05, 4.69) is 27.8 Å². The van der Waals surface area contributed by atoms with Gasteiger partial charge in [0.05, 0.1) is 17.4 Å². The van der Waals surface area contributed by atoms with Crippen molar-refractivity contribution in [3.05, 3.63) is 77.1 Å². The summed E-state index contributed by atoms with van der Waals surface area (Å²) < 4.78 is 1.74. The van der Waals surface area contributed by atoms with E-state index in [1.54, 1.807) is 4.68 Å². The molecule has 0 saturated carbocycles. The fraction of sp³-hybridized carbons (Fsp3) is 0.286. The summed E-state index contributed by atoms with van der Waals surface area (Å²) in [4.78, 5) is 15.2. The number of nitrogens with zero attached hydrogens (tertiary/aromatic N) is 4. The minimum absolute atomic E-state index is 0.00373. The summed E-state index contributed by atoms with van der Waals surface area (Å²) in [5.41, 5.74) is 4.36. The largest absolute Gasteiger partial charge is 0.328 e. The fourth-order valence-corrected chi connectivity index (χ4v) is 3.59. The van der Waals surface area contributed by atoms with E-state index in [0.29, 0.717) is 12.2 Å². The van der Waals surface area contributed by atoms with Crippen LogP contribution in [0.4, 0.5) is 0 Å². The van der Waals surface area contributed by atoms with Gasteiger partial charge in [0, 0.05) is 19.6 Å². The van der Waals surface area contributed by atoms with E-state index in [9.17, 15) is 4.79 Å². The summed E-state index contributed by atoms with van der Waals surface area (Å²) in [5.74, 6) is -0.0678. The molecule has 4 rings (SSSR count). The Morgan fingerprint density at radius 3 is 2.70 bits per heavy atom. The highest BCUT2D eigenvalue weighted by Crippen LogP contribution is 2.25. The van der Waals surface area contributed by atoms with Crippen molar-refractivity contribution in [2.75, 3.05) is 19.6 Å². The molecule has 1 atom stereocenters. The van der Waals surface area contributed by atoms with Gasteiger partial charge in [0.25, 0.3) is 5.91 Å². The Morgan fingerprint density at radius 2 is 1.93 bits per heavy atom. The molecule has 1 saturated heterocycles. The van der Waals surface area contributed by atoms with E-state index >= 15 is 0 Å². The van der Waals surface area contributed by atoms with Crippen LogP contribution in [0.1, 0.15) is 33.4 Å². The molecule has 0 spiro atoms. The smallest absolute Gasteiger partial charge is 0.276 e. The summed E-state index contributed by atoms with van der Waals surface area (Å²) in [6.07, 6.45) is 0. The maximum absolute atomic E-state index is 13.3. The fourth-order valence-electron chi connectivity index (χ4n) is 3.59. The number of benzene rings is 2. The first-order valence-electron chi connectivity index (χ1n) is 9.21. The number of nitrogens with one attached hydrogen (secondary N) is 1. The lowest BCUT2D eigenvalue weighted by Crippen LogP contribution is -2.49. The van der Waals surface area contributed by atoms with Crippen LogP contribution >= 0.6 is 0 Å². The molecule has 1 fully saturated rings. The maximum atomic E-state index is 13.3. The average molecular weight is 361 g/mol. The lowest BCUT2D eigenvalue weighted by atomic mass is 10.0. The molecular weight excluding hydrogens is 338 g/mol. The van der Waals surface area contributed by atoms with E-state index in [1.165, 1.54) is 0 Å². The molecule has 0 radical (unpaired) electrons. The van der Waals surface area contributed by atoms with Crippen LogP contribution in [0.15, 0.2) is 54.6 Å². The van der Waals surface area contributed by atoms with Crippen molar-refractivity contribution >= 4 is 5.91 Å². The average Bonchev–Trinajstić information content (AvgIpc) is 3.09. The molecule has 1 aliphatic rings. The summed E-state index contributed by atoms with van der Waals surface area (Å²) >= 11 is 0. The molecule has 1 unspecified atom stereocenters. The Morgan fingerprint density at radius 1 is 1.11 bits per heavy atom. The zero-order chi connectivity index (χ0) is 18.8. The van der Waals surface area contributed by atoms with E-state index in [1.807, 2.05) is 61.2 Å². The minimum Gasteiger partial charge on any atom is -0.328 e. The number of hydrogen-bond donors (Lipinski definition) is 1. The summed E-state index contributed by atoms with van der Waals surface area (Å²) in [6.45, 7) is 6.10. The molecule has 27 heavy (non-hydrogen) atoms. The molecule has 2 heterocycles. The van der Waals surface area contributed by atoms with Gasteiger partial charge >= 0.3 is 0 Å². The SMILES string of the molecule is Cc1cccc(-n2nnc(C(=O)N3CCNCC3c3ccccc3)c2C)c1. The number of amides is 1. The predicted octanol–water partition coefficient (Wildman–Crippen LogP) is 2.67. The lowest BCUT2D eigenvalue weighted by molar-refractivity contribution is 0.0627. The van der Waals surface area contributed by atoms with Crippen LogP contribution in [0.5, 0.6) is 0 Å². The van der Waals surface area contributed by atoms with E-state index in [0.717, 1.165) is 35.6 Å². The van der Waals surface area contributed by atoms with Crippen LogP contribution in [-0.4, -0.2) is 45.4 Å². The van der Waals surface area contributed by atoms with E-state index < -0.39 is 0 Å². The molecule has 2 aromatic carbocycles. The molecule has 6 heteroatoms. The predicted molar refractivity (Wildman–Crippen MR) is 104 cm³/mol. The van der Waals surface area contributed by atoms with Gasteiger partial charge in [-0.15, -0.1) is 5.10 Å². The van der Waals surface area contributed by atoms with Gasteiger partial charge in [0.1, 0.15) is 0 Å². The highest BCUT2D eigenvalue weighted by Gasteiger charge is 2.31. The Hall–Kier alpha value is -2.99. The van der Waals surface area contributed by atoms with Gasteiger partial charge in [-0.2, -0.15) is 0 Å². The summed E-state index contributed by atoms with van der Waals surface area (Å²) in [6, 6.07) is 18.1. The van der Waals surface area contributed by atoms with Gasteiger partial charge in [-0.25, -0.2) is 4.68 Å². The highest BCUT2D eigenvalue weighted by atomic mass is 16.2. The monoisotopic (exact) mass is 361 g/mol. The maximum Gasteiger partial charge on any atom is 0.276 e. The second kappa shape index (κ2) is 7.32. The van der Waals surface area contributed by atoms with Gasteiger partial charge in [0.15, 0.2) is 5.69 Å². The Labute approximate surface area is 158 Å². The van der Waals surface area contributed by atoms with Crippen molar-refractivity contribution in [3.8, 4) is 5.69 Å². The molecule has 1 N–H and O–H groups in total. The number of rotatable bonds is 3. The molecule has 0 aliphatic carbocycles. The van der Waals surface area contributed by atoms with Gasteiger partial charge in [-0.05, 0) is 37.1 Å². The van der Waals surface area contributed by atoms with Crippen molar-refractivity contribution in [2.24, 2.45) is 0 Å². The second-order valence-electron chi connectivity index (χ2n) is 6.90. The van der Waals surface area contributed by atoms with Gasteiger partial charge in [-0.1, -0.05) is 47.7 Å². The van der Waals surface area contributed by atoms with Crippen LogP contribution in [0.2, 0.25) is 0 Å². The lowest BCUT2D eigenvalue weighted by Gasteiger charge is -2.36. The van der Waals surface area contributed by atoms with Gasteiger partial charge in [-0.3, -0.25) is 4.79 Å². The highest BCUT2D eigenvalue weighted by molar-refractivity contribution is 5.93. The zero-order valence-electron chi connectivity index (χ0n) is 15.6. The normalized spacial score (nSPS) is 17.1. The number of carbonyl (C=O) groups is 1. The first kappa shape index (κ1) is 17.4. The van der Waals surface area contributed by atoms with Gasteiger partial charge < -0.3 is 10.2 Å². The molecule has 1 aromatic heterocycles. The molecule has 0 bridgehead atoms. The van der Waals surface area contributed by atoms with Crippen LogP contribution in [0, 0.1) is 13.8 Å². The van der Waals surface area contributed by atoms with E-state index in [-0.39, 0.29) is 11.9 Å². The third-order valence-electron chi connectivity index (χ3n) is 5.03. The topological polar surface area (TPSA) is 63.1 Å². The molecule has 3 aromatic rings. The van der Waals surface area contributed by atoms with Crippen LogP contribution < -0.4 is 5.32 Å². The summed E-state index contributed by atoms with van der Waals surface area (Å²) in [7, 11) is 0. The molecule has 138 valence electrons. The third-order valence-corrected chi connectivity index (χ3v) is 5.03. The quantitative estimate of drug-likeness (QED) is 0.779. The standard InChI is InChI=1S/C21H23N5O/c1-15-7-6-10-18(13-15)26-16(2)20(23-24-26)21(27)25-12-11-22-14-19(25)17-8-4-3-5-9-17/h3-10,13,19,22H,11-12,14H2,1-2H3. The summed E-state index contributed by atoms with van der Waals surface area (Å²) in [5, 5.41) is 11.9. The van der Waals surface area contributed by atoms with E-state index in [4.69, 9.17) is 0 Å². The number of carbonyl (C=O) groups excluding carboxylic acids is 1. The van der Waals surface area contributed by atoms with Crippen molar-refractivity contribution in [2.45, 2.75) is 19.9 Å². The van der Waals surface area contributed by atoms with Crippen LogP contribution in [0.25, 0.3) is 5.69 Å². The zero-order valence-corrected chi connectivity index (χ0v) is 15.6. The van der Waals surface area contributed by atoms with Crippen molar-refractivity contribution in [3.63, 3.8) is 0 Å². The molecule has 1 amide bonds.